The minimum absolute atomic E-state index is 0.0887. The van der Waals surface area contributed by atoms with Crippen LogP contribution < -0.4 is 22.1 Å². The molecule has 0 aliphatic heterocycles. The zero-order valence-corrected chi connectivity index (χ0v) is 9.65. The first-order valence-electron chi connectivity index (χ1n) is 5.00. The van der Waals surface area contributed by atoms with Gasteiger partial charge in [0, 0.05) is 7.05 Å². The minimum atomic E-state index is -0.652. The molecule has 17 heavy (non-hydrogen) atoms. The third-order valence-corrected chi connectivity index (χ3v) is 2.17. The van der Waals surface area contributed by atoms with Gasteiger partial charge in [-0.05, 0) is 19.1 Å². The molecule has 0 bridgehead atoms. The number of carbonyl (C=O) groups is 2. The van der Waals surface area contributed by atoms with E-state index in [4.69, 9.17) is 11.5 Å². The predicted octanol–water partition coefficient (Wildman–Crippen LogP) is -0.691. The molecule has 1 rings (SSSR count). The average molecular weight is 237 g/mol. The van der Waals surface area contributed by atoms with Gasteiger partial charge in [0.1, 0.15) is 11.7 Å². The van der Waals surface area contributed by atoms with Crippen LogP contribution in [0.3, 0.4) is 0 Å². The molecule has 7 heteroatoms. The Labute approximate surface area is 98.6 Å². The Morgan fingerprint density at radius 2 is 2.06 bits per heavy atom. The van der Waals surface area contributed by atoms with Crippen LogP contribution in [0.25, 0.3) is 0 Å². The molecule has 0 radical (unpaired) electrons. The monoisotopic (exact) mass is 237 g/mol. The number of anilines is 2. The van der Waals surface area contributed by atoms with Crippen molar-refractivity contribution in [2.75, 3.05) is 18.1 Å². The molecule has 0 fully saturated rings. The van der Waals surface area contributed by atoms with Crippen molar-refractivity contribution < 1.29 is 9.59 Å². The summed E-state index contributed by atoms with van der Waals surface area (Å²) in [6, 6.07) is 2.41. The van der Waals surface area contributed by atoms with Crippen molar-refractivity contribution in [2.45, 2.75) is 13.0 Å². The van der Waals surface area contributed by atoms with Gasteiger partial charge in [-0.1, -0.05) is 0 Å². The predicted molar refractivity (Wildman–Crippen MR) is 64.3 cm³/mol. The molecule has 2 amide bonds. The molecule has 1 aromatic heterocycles. The molecule has 7 nitrogen and oxygen atoms in total. The number of carbonyl (C=O) groups excluding carboxylic acids is 2. The van der Waals surface area contributed by atoms with Gasteiger partial charge in [0.25, 0.3) is 5.91 Å². The normalized spacial score (nSPS) is 11.6. The summed E-state index contributed by atoms with van der Waals surface area (Å²) in [7, 11) is 1.52. The number of nitrogens with two attached hydrogens (primary N) is 2. The average Bonchev–Trinajstić information content (AvgIpc) is 2.30. The first kappa shape index (κ1) is 12.8. The van der Waals surface area contributed by atoms with E-state index in [1.807, 2.05) is 0 Å². The minimum Gasteiger partial charge on any atom is -0.396 e. The highest BCUT2D eigenvalue weighted by Gasteiger charge is 2.14. The molecule has 6 N–H and O–H groups in total. The van der Waals surface area contributed by atoms with Crippen molar-refractivity contribution in [1.82, 2.24) is 10.3 Å². The van der Waals surface area contributed by atoms with Crippen molar-refractivity contribution in [3.8, 4) is 0 Å². The number of nitrogen functional groups attached to an aromatic ring is 1. The SMILES string of the molecule is CNC(=O)C(C)Nc1nc(C(N)=O)ccc1N. The fraction of sp³-hybridized carbons (Fsp3) is 0.300. The molecule has 1 heterocycles. The summed E-state index contributed by atoms with van der Waals surface area (Å²) in [6.07, 6.45) is 0. The Morgan fingerprint density at radius 3 is 2.59 bits per heavy atom. The second-order valence-electron chi connectivity index (χ2n) is 3.48. The maximum atomic E-state index is 11.3. The van der Waals surface area contributed by atoms with E-state index in [-0.39, 0.29) is 17.4 Å². The smallest absolute Gasteiger partial charge is 0.267 e. The summed E-state index contributed by atoms with van der Waals surface area (Å²) in [5.74, 6) is -0.603. The van der Waals surface area contributed by atoms with Crippen molar-refractivity contribution in [2.24, 2.45) is 5.73 Å². The maximum Gasteiger partial charge on any atom is 0.267 e. The maximum absolute atomic E-state index is 11.3. The molecule has 1 aromatic rings. The molecule has 92 valence electrons. The van der Waals surface area contributed by atoms with Crippen molar-refractivity contribution in [3.05, 3.63) is 17.8 Å². The lowest BCUT2D eigenvalue weighted by atomic mass is 10.2. The molecule has 0 saturated heterocycles. The van der Waals surface area contributed by atoms with Crippen LogP contribution in [0.5, 0.6) is 0 Å². The Balaban J connectivity index is 2.93. The highest BCUT2D eigenvalue weighted by molar-refractivity contribution is 5.92. The number of rotatable bonds is 4. The highest BCUT2D eigenvalue weighted by Crippen LogP contribution is 2.16. The highest BCUT2D eigenvalue weighted by atomic mass is 16.2. The Hall–Kier alpha value is -2.31. The van der Waals surface area contributed by atoms with Crippen LogP contribution in [0.4, 0.5) is 11.5 Å². The number of nitrogens with zero attached hydrogens (tertiary/aromatic N) is 1. The standard InChI is InChI=1S/C10H15N5O2/c1-5(10(17)13-2)14-9-6(11)3-4-7(15-9)8(12)16/h3-5H,11H2,1-2H3,(H2,12,16)(H,13,17)(H,14,15). The number of hydrogen-bond acceptors (Lipinski definition) is 5. The van der Waals surface area contributed by atoms with Gasteiger partial charge in [0.2, 0.25) is 5.91 Å². The van der Waals surface area contributed by atoms with E-state index < -0.39 is 11.9 Å². The van der Waals surface area contributed by atoms with Crippen LogP contribution >= 0.6 is 0 Å². The quantitative estimate of drug-likeness (QED) is 0.552. The molecule has 0 aliphatic rings. The van der Waals surface area contributed by atoms with Gasteiger partial charge in [0.05, 0.1) is 5.69 Å². The summed E-state index contributed by atoms with van der Waals surface area (Å²) in [6.45, 7) is 1.65. The number of aromatic nitrogens is 1. The van der Waals surface area contributed by atoms with Gasteiger partial charge in [0.15, 0.2) is 5.82 Å². The van der Waals surface area contributed by atoms with Gasteiger partial charge in [-0.25, -0.2) is 4.98 Å². The summed E-state index contributed by atoms with van der Waals surface area (Å²) in [4.78, 5) is 26.2. The fourth-order valence-corrected chi connectivity index (χ4v) is 1.21. The Morgan fingerprint density at radius 1 is 1.41 bits per heavy atom. The molecular formula is C10H15N5O2. The Bertz CT molecular complexity index is 446. The van der Waals surface area contributed by atoms with Crippen LogP contribution in [-0.2, 0) is 4.79 Å². The molecular weight excluding hydrogens is 222 g/mol. The van der Waals surface area contributed by atoms with E-state index in [0.717, 1.165) is 0 Å². The van der Waals surface area contributed by atoms with Crippen LogP contribution in [0.15, 0.2) is 12.1 Å². The van der Waals surface area contributed by atoms with Gasteiger partial charge in [-0.3, -0.25) is 9.59 Å². The fourth-order valence-electron chi connectivity index (χ4n) is 1.21. The number of primary amides is 1. The van der Waals surface area contributed by atoms with Gasteiger partial charge in [-0.15, -0.1) is 0 Å². The Kier molecular flexibility index (Phi) is 3.86. The first-order chi connectivity index (χ1) is 7.95. The summed E-state index contributed by atoms with van der Waals surface area (Å²) in [5, 5.41) is 5.28. The van der Waals surface area contributed by atoms with Gasteiger partial charge < -0.3 is 22.1 Å². The molecule has 1 unspecified atom stereocenters. The summed E-state index contributed by atoms with van der Waals surface area (Å²) in [5.41, 5.74) is 11.2. The summed E-state index contributed by atoms with van der Waals surface area (Å²) < 4.78 is 0. The lowest BCUT2D eigenvalue weighted by molar-refractivity contribution is -0.121. The second kappa shape index (κ2) is 5.15. The van der Waals surface area contributed by atoms with Crippen LogP contribution in [0.2, 0.25) is 0 Å². The topological polar surface area (TPSA) is 123 Å². The van der Waals surface area contributed by atoms with E-state index in [1.165, 1.54) is 19.2 Å². The van der Waals surface area contributed by atoms with Crippen molar-refractivity contribution in [1.29, 1.82) is 0 Å². The summed E-state index contributed by atoms with van der Waals surface area (Å²) >= 11 is 0. The zero-order valence-electron chi connectivity index (χ0n) is 9.65. The molecule has 0 saturated carbocycles. The second-order valence-corrected chi connectivity index (χ2v) is 3.48. The molecule has 0 spiro atoms. The largest absolute Gasteiger partial charge is 0.396 e. The van der Waals surface area contributed by atoms with E-state index in [1.54, 1.807) is 6.92 Å². The zero-order chi connectivity index (χ0) is 13.0. The van der Waals surface area contributed by atoms with E-state index >= 15 is 0 Å². The number of pyridine rings is 1. The number of nitrogens with one attached hydrogen (secondary N) is 2. The van der Waals surface area contributed by atoms with Crippen LogP contribution in [0, 0.1) is 0 Å². The third kappa shape index (κ3) is 3.07. The molecule has 0 aliphatic carbocycles. The number of amides is 2. The lowest BCUT2D eigenvalue weighted by Crippen LogP contribution is -2.35. The van der Waals surface area contributed by atoms with Crippen molar-refractivity contribution in [3.63, 3.8) is 0 Å². The van der Waals surface area contributed by atoms with Gasteiger partial charge >= 0.3 is 0 Å². The lowest BCUT2D eigenvalue weighted by Gasteiger charge is -2.14. The third-order valence-electron chi connectivity index (χ3n) is 2.17. The van der Waals surface area contributed by atoms with E-state index in [2.05, 4.69) is 15.6 Å². The first-order valence-corrected chi connectivity index (χ1v) is 5.00. The molecule has 0 aromatic carbocycles. The van der Waals surface area contributed by atoms with E-state index in [0.29, 0.717) is 5.69 Å². The van der Waals surface area contributed by atoms with Crippen molar-refractivity contribution >= 4 is 23.3 Å². The number of likely N-dealkylation sites (N-methyl/N-ethyl adjacent to an activating group) is 1. The van der Waals surface area contributed by atoms with Gasteiger partial charge in [-0.2, -0.15) is 0 Å². The van der Waals surface area contributed by atoms with Crippen LogP contribution in [0.1, 0.15) is 17.4 Å². The van der Waals surface area contributed by atoms with Crippen LogP contribution in [-0.4, -0.2) is 29.9 Å². The molecule has 1 atom stereocenters. The number of hydrogen-bond donors (Lipinski definition) is 4. The van der Waals surface area contributed by atoms with E-state index in [9.17, 15) is 9.59 Å².